The number of ether oxygens (including phenoxy) is 1. The molecule has 0 aromatic carbocycles. The number of rotatable bonds is 23. The van der Waals surface area contributed by atoms with E-state index in [0.29, 0.717) is 0 Å². The van der Waals surface area contributed by atoms with Crippen LogP contribution in [0.15, 0.2) is 0 Å². The minimum absolute atomic E-state index is 0.0912. The zero-order valence-corrected chi connectivity index (χ0v) is 20.2. The normalized spacial score (nSPS) is 13.7. The fourth-order valence-electron chi connectivity index (χ4n) is 3.80. The van der Waals surface area contributed by atoms with Crippen LogP contribution >= 0.6 is 12.6 Å². The molecule has 0 heterocycles. The maximum Gasteiger partial charge on any atom is 0.123 e. The van der Waals surface area contributed by atoms with Crippen molar-refractivity contribution in [3.63, 3.8) is 0 Å². The van der Waals surface area contributed by atoms with E-state index in [2.05, 4.69) is 26.5 Å². The van der Waals surface area contributed by atoms with E-state index >= 15 is 0 Å². The van der Waals surface area contributed by atoms with Crippen LogP contribution in [0.5, 0.6) is 0 Å². The SMILES string of the molecule is CCCCCCCCCCCCCC(OCCCCCCCCCC)C(O)S. The molecule has 0 bridgehead atoms. The molecule has 0 amide bonds. The molecule has 2 atom stereocenters. The van der Waals surface area contributed by atoms with Gasteiger partial charge < -0.3 is 9.84 Å². The Bertz CT molecular complexity index is 284. The molecule has 0 spiro atoms. The van der Waals surface area contributed by atoms with Crippen LogP contribution in [0.4, 0.5) is 0 Å². The van der Waals surface area contributed by atoms with Crippen molar-refractivity contribution in [2.45, 2.75) is 154 Å². The van der Waals surface area contributed by atoms with Crippen molar-refractivity contribution >= 4 is 12.6 Å². The summed E-state index contributed by atoms with van der Waals surface area (Å²) in [5.41, 5.74) is -0.642. The Labute approximate surface area is 183 Å². The monoisotopic (exact) mass is 416 g/mol. The van der Waals surface area contributed by atoms with Gasteiger partial charge in [0.1, 0.15) is 5.44 Å². The number of thiol groups is 1. The second-order valence-corrected chi connectivity index (χ2v) is 9.15. The first-order valence-electron chi connectivity index (χ1n) is 12.7. The first-order chi connectivity index (χ1) is 13.7. The van der Waals surface area contributed by atoms with E-state index < -0.39 is 5.44 Å². The molecule has 0 aliphatic heterocycles. The highest BCUT2D eigenvalue weighted by molar-refractivity contribution is 7.80. The largest absolute Gasteiger partial charge is 0.380 e. The second-order valence-electron chi connectivity index (χ2n) is 8.62. The Morgan fingerprint density at radius 3 is 1.32 bits per heavy atom. The van der Waals surface area contributed by atoms with E-state index in [1.807, 2.05) is 0 Å². The Morgan fingerprint density at radius 1 is 0.571 bits per heavy atom. The van der Waals surface area contributed by atoms with Gasteiger partial charge in [-0.25, -0.2) is 0 Å². The van der Waals surface area contributed by atoms with E-state index in [-0.39, 0.29) is 6.10 Å². The van der Waals surface area contributed by atoms with Gasteiger partial charge in [0.25, 0.3) is 0 Å². The van der Waals surface area contributed by atoms with E-state index in [1.165, 1.54) is 109 Å². The standard InChI is InChI=1S/C25H52O2S/c1-3-5-7-9-11-13-14-15-16-18-20-22-24(25(26)28)27-23-21-19-17-12-10-8-6-4-2/h24-26,28H,3-23H2,1-2H3. The lowest BCUT2D eigenvalue weighted by molar-refractivity contribution is -0.00796. The van der Waals surface area contributed by atoms with Crippen LogP contribution in [0.25, 0.3) is 0 Å². The highest BCUT2D eigenvalue weighted by atomic mass is 32.1. The molecule has 0 radical (unpaired) electrons. The van der Waals surface area contributed by atoms with E-state index in [4.69, 9.17) is 4.74 Å². The van der Waals surface area contributed by atoms with Crippen molar-refractivity contribution in [3.05, 3.63) is 0 Å². The molecule has 0 aromatic rings. The van der Waals surface area contributed by atoms with E-state index in [1.54, 1.807) is 0 Å². The molecule has 170 valence electrons. The van der Waals surface area contributed by atoms with Gasteiger partial charge in [-0.15, -0.1) is 12.6 Å². The Hall–Kier alpha value is 0.270. The molecular formula is C25H52O2S. The van der Waals surface area contributed by atoms with Gasteiger partial charge in [-0.1, -0.05) is 129 Å². The summed E-state index contributed by atoms with van der Waals surface area (Å²) in [7, 11) is 0. The van der Waals surface area contributed by atoms with Gasteiger partial charge in [-0.2, -0.15) is 0 Å². The van der Waals surface area contributed by atoms with E-state index in [0.717, 1.165) is 25.9 Å². The van der Waals surface area contributed by atoms with Crippen molar-refractivity contribution in [1.82, 2.24) is 0 Å². The second kappa shape index (κ2) is 23.5. The highest BCUT2D eigenvalue weighted by Gasteiger charge is 2.15. The average Bonchev–Trinajstić information content (AvgIpc) is 2.68. The van der Waals surface area contributed by atoms with Crippen LogP contribution in [-0.4, -0.2) is 23.3 Å². The molecule has 0 saturated heterocycles. The van der Waals surface area contributed by atoms with Crippen molar-refractivity contribution in [2.75, 3.05) is 6.61 Å². The Morgan fingerprint density at radius 2 is 0.929 bits per heavy atom. The number of aliphatic hydroxyl groups excluding tert-OH is 1. The summed E-state index contributed by atoms with van der Waals surface area (Å²) in [6, 6.07) is 0. The average molecular weight is 417 g/mol. The zero-order valence-electron chi connectivity index (χ0n) is 19.3. The molecule has 28 heavy (non-hydrogen) atoms. The molecule has 2 nitrogen and oxygen atoms in total. The number of unbranched alkanes of at least 4 members (excludes halogenated alkanes) is 17. The summed E-state index contributed by atoms with van der Waals surface area (Å²) in [6.45, 7) is 5.31. The third kappa shape index (κ3) is 21.0. The van der Waals surface area contributed by atoms with Gasteiger partial charge in [0.05, 0.1) is 6.10 Å². The Kier molecular flexibility index (Phi) is 23.8. The summed E-state index contributed by atoms with van der Waals surface area (Å²) in [5.74, 6) is 0. The van der Waals surface area contributed by atoms with Gasteiger partial charge in [-0.05, 0) is 12.8 Å². The molecule has 0 aliphatic rings. The topological polar surface area (TPSA) is 29.5 Å². The quantitative estimate of drug-likeness (QED) is 0.0993. The maximum absolute atomic E-state index is 9.84. The molecule has 0 fully saturated rings. The minimum atomic E-state index is -0.642. The van der Waals surface area contributed by atoms with Crippen LogP contribution < -0.4 is 0 Å². The molecule has 2 unspecified atom stereocenters. The van der Waals surface area contributed by atoms with Crippen LogP contribution in [0.1, 0.15) is 142 Å². The van der Waals surface area contributed by atoms with Crippen molar-refractivity contribution in [1.29, 1.82) is 0 Å². The van der Waals surface area contributed by atoms with E-state index in [9.17, 15) is 5.11 Å². The smallest absolute Gasteiger partial charge is 0.123 e. The van der Waals surface area contributed by atoms with Crippen molar-refractivity contribution in [3.8, 4) is 0 Å². The van der Waals surface area contributed by atoms with Gasteiger partial charge in [0.2, 0.25) is 0 Å². The lowest BCUT2D eigenvalue weighted by atomic mass is 10.0. The number of hydrogen-bond donors (Lipinski definition) is 2. The Balaban J connectivity index is 3.43. The lowest BCUT2D eigenvalue weighted by Gasteiger charge is -2.20. The zero-order chi connectivity index (χ0) is 20.7. The van der Waals surface area contributed by atoms with Gasteiger partial charge in [0.15, 0.2) is 0 Å². The van der Waals surface area contributed by atoms with Gasteiger partial charge >= 0.3 is 0 Å². The molecular weight excluding hydrogens is 364 g/mol. The minimum Gasteiger partial charge on any atom is -0.380 e. The summed E-state index contributed by atoms with van der Waals surface area (Å²) in [4.78, 5) is 0. The van der Waals surface area contributed by atoms with Crippen LogP contribution in [-0.2, 0) is 4.74 Å². The summed E-state index contributed by atoms with van der Waals surface area (Å²) >= 11 is 4.22. The summed E-state index contributed by atoms with van der Waals surface area (Å²) < 4.78 is 5.91. The van der Waals surface area contributed by atoms with Crippen LogP contribution in [0.2, 0.25) is 0 Å². The van der Waals surface area contributed by atoms with Crippen LogP contribution in [0.3, 0.4) is 0 Å². The summed E-state index contributed by atoms with van der Waals surface area (Å²) in [5, 5.41) is 9.84. The molecule has 0 aromatic heterocycles. The molecule has 3 heteroatoms. The maximum atomic E-state index is 9.84. The predicted molar refractivity (Wildman–Crippen MR) is 128 cm³/mol. The predicted octanol–water partition coefficient (Wildman–Crippen LogP) is 8.46. The third-order valence-electron chi connectivity index (χ3n) is 5.75. The van der Waals surface area contributed by atoms with Crippen molar-refractivity contribution < 1.29 is 9.84 Å². The fourth-order valence-corrected chi connectivity index (χ4v) is 4.03. The molecule has 0 aliphatic carbocycles. The van der Waals surface area contributed by atoms with Gasteiger partial charge in [-0.3, -0.25) is 0 Å². The number of aliphatic hydroxyl groups is 1. The highest BCUT2D eigenvalue weighted by Crippen LogP contribution is 2.17. The van der Waals surface area contributed by atoms with Gasteiger partial charge in [0, 0.05) is 6.61 Å². The molecule has 0 saturated carbocycles. The fraction of sp³-hybridized carbons (Fsp3) is 1.00. The molecule has 0 rings (SSSR count). The first kappa shape index (κ1) is 28.3. The van der Waals surface area contributed by atoms with Crippen LogP contribution in [0, 0.1) is 0 Å². The summed E-state index contributed by atoms with van der Waals surface area (Å²) in [6.07, 6.45) is 26.2. The first-order valence-corrected chi connectivity index (χ1v) is 13.2. The third-order valence-corrected chi connectivity index (χ3v) is 6.09. The molecule has 1 N–H and O–H groups in total. The number of hydrogen-bond acceptors (Lipinski definition) is 3. The van der Waals surface area contributed by atoms with Crippen molar-refractivity contribution in [2.24, 2.45) is 0 Å². The lowest BCUT2D eigenvalue weighted by Crippen LogP contribution is -2.25.